The summed E-state index contributed by atoms with van der Waals surface area (Å²) in [7, 11) is 0. The molecule has 1 aromatic carbocycles. The van der Waals surface area contributed by atoms with E-state index in [1.54, 1.807) is 0 Å². The molecular formula is C15H17NO. The van der Waals surface area contributed by atoms with Gasteiger partial charge in [0.05, 0.1) is 0 Å². The largest absolute Gasteiger partial charge is 0.366 e. The van der Waals surface area contributed by atoms with Crippen molar-refractivity contribution in [2.24, 2.45) is 5.73 Å². The fraction of sp³-hybridized carbons (Fsp3) is 0.267. The monoisotopic (exact) mass is 227 g/mol. The minimum atomic E-state index is -0.386. The number of aryl methyl sites for hydroxylation is 1. The highest BCUT2D eigenvalue weighted by Crippen LogP contribution is 2.31. The fourth-order valence-corrected chi connectivity index (χ4v) is 2.35. The Morgan fingerprint density at radius 1 is 1.29 bits per heavy atom. The van der Waals surface area contributed by atoms with Crippen molar-refractivity contribution in [3.05, 3.63) is 53.1 Å². The maximum Gasteiger partial charge on any atom is 0.241 e. The van der Waals surface area contributed by atoms with E-state index in [9.17, 15) is 4.79 Å². The highest BCUT2D eigenvalue weighted by molar-refractivity contribution is 5.87. The summed E-state index contributed by atoms with van der Waals surface area (Å²) in [5.41, 5.74) is 10.1. The molecule has 2 N–H and O–H groups in total. The maximum atomic E-state index is 10.8. The van der Waals surface area contributed by atoms with Crippen LogP contribution >= 0.6 is 0 Å². The van der Waals surface area contributed by atoms with Gasteiger partial charge in [0.1, 0.15) is 0 Å². The van der Waals surface area contributed by atoms with Crippen LogP contribution in [0.1, 0.15) is 30.9 Å². The van der Waals surface area contributed by atoms with Crippen LogP contribution in [-0.4, -0.2) is 5.91 Å². The lowest BCUT2D eigenvalue weighted by Crippen LogP contribution is -2.06. The van der Waals surface area contributed by atoms with E-state index < -0.39 is 0 Å². The van der Waals surface area contributed by atoms with Crippen molar-refractivity contribution in [3.8, 4) is 0 Å². The summed E-state index contributed by atoms with van der Waals surface area (Å²) in [6, 6.07) is 8.46. The lowest BCUT2D eigenvalue weighted by atomic mass is 9.86. The first kappa shape index (κ1) is 11.6. The summed E-state index contributed by atoms with van der Waals surface area (Å²) in [5, 5.41) is 0. The van der Waals surface area contributed by atoms with Gasteiger partial charge < -0.3 is 5.73 Å². The number of carbonyl (C=O) groups excluding carboxylic acids is 1. The van der Waals surface area contributed by atoms with E-state index in [1.807, 2.05) is 6.92 Å². The first-order valence-corrected chi connectivity index (χ1v) is 5.93. The van der Waals surface area contributed by atoms with E-state index in [4.69, 9.17) is 5.73 Å². The highest BCUT2D eigenvalue weighted by Gasteiger charge is 2.12. The van der Waals surface area contributed by atoms with Crippen molar-refractivity contribution >= 4 is 11.5 Å². The first-order chi connectivity index (χ1) is 8.16. The molecule has 1 aliphatic carbocycles. The summed E-state index contributed by atoms with van der Waals surface area (Å²) >= 11 is 0. The predicted octanol–water partition coefficient (Wildman–Crippen LogP) is 2.84. The van der Waals surface area contributed by atoms with Gasteiger partial charge in [0.25, 0.3) is 0 Å². The Hall–Kier alpha value is -1.83. The number of primary amides is 1. The lowest BCUT2D eigenvalue weighted by Gasteiger charge is -2.18. The van der Waals surface area contributed by atoms with Gasteiger partial charge in [-0.1, -0.05) is 30.3 Å². The number of amides is 1. The average Bonchev–Trinajstić information content (AvgIpc) is 2.28. The van der Waals surface area contributed by atoms with Crippen LogP contribution in [0.2, 0.25) is 0 Å². The third-order valence-corrected chi connectivity index (χ3v) is 3.03. The lowest BCUT2D eigenvalue weighted by molar-refractivity contribution is -0.113. The van der Waals surface area contributed by atoms with E-state index in [0.717, 1.165) is 18.4 Å². The van der Waals surface area contributed by atoms with E-state index in [0.29, 0.717) is 0 Å². The van der Waals surface area contributed by atoms with Crippen LogP contribution in [0, 0.1) is 0 Å². The third-order valence-electron chi connectivity index (χ3n) is 3.03. The van der Waals surface area contributed by atoms with Crippen LogP contribution in [0.5, 0.6) is 0 Å². The third kappa shape index (κ3) is 2.84. The Morgan fingerprint density at radius 3 is 2.82 bits per heavy atom. The van der Waals surface area contributed by atoms with Gasteiger partial charge in [-0.3, -0.25) is 4.79 Å². The Morgan fingerprint density at radius 2 is 2.06 bits per heavy atom. The van der Waals surface area contributed by atoms with Crippen molar-refractivity contribution in [1.29, 1.82) is 0 Å². The van der Waals surface area contributed by atoms with Gasteiger partial charge in [-0.2, -0.15) is 0 Å². The molecular weight excluding hydrogens is 210 g/mol. The van der Waals surface area contributed by atoms with Crippen molar-refractivity contribution in [2.75, 3.05) is 0 Å². The predicted molar refractivity (Wildman–Crippen MR) is 70.3 cm³/mol. The molecule has 88 valence electrons. The van der Waals surface area contributed by atoms with E-state index >= 15 is 0 Å². The SMILES string of the molecule is CC(=C/C(N)=O)/C=C1\CCCc2ccccc21. The van der Waals surface area contributed by atoms with Crippen LogP contribution in [0.4, 0.5) is 0 Å². The normalized spacial score (nSPS) is 17.9. The topological polar surface area (TPSA) is 43.1 Å². The van der Waals surface area contributed by atoms with Crippen LogP contribution in [0.3, 0.4) is 0 Å². The Bertz CT molecular complexity index is 497. The number of fused-ring (bicyclic) bond motifs is 1. The van der Waals surface area contributed by atoms with Crippen LogP contribution in [-0.2, 0) is 11.2 Å². The Balaban J connectivity index is 2.36. The molecule has 0 aromatic heterocycles. The summed E-state index contributed by atoms with van der Waals surface area (Å²) in [5.74, 6) is -0.386. The van der Waals surface area contributed by atoms with Crippen LogP contribution in [0.15, 0.2) is 42.0 Å². The van der Waals surface area contributed by atoms with Gasteiger partial charge in [0, 0.05) is 6.08 Å². The van der Waals surface area contributed by atoms with Gasteiger partial charge in [-0.05, 0) is 48.5 Å². The zero-order chi connectivity index (χ0) is 12.3. The molecule has 1 amide bonds. The number of nitrogens with two attached hydrogens (primary N) is 1. The molecule has 1 aromatic rings. The molecule has 17 heavy (non-hydrogen) atoms. The number of carbonyl (C=O) groups is 1. The number of hydrogen-bond acceptors (Lipinski definition) is 1. The summed E-state index contributed by atoms with van der Waals surface area (Å²) in [4.78, 5) is 10.8. The molecule has 0 aliphatic heterocycles. The van der Waals surface area contributed by atoms with Crippen molar-refractivity contribution < 1.29 is 4.79 Å². The molecule has 0 unspecified atom stereocenters. The van der Waals surface area contributed by atoms with Crippen LogP contribution < -0.4 is 5.73 Å². The van der Waals surface area contributed by atoms with Crippen LogP contribution in [0.25, 0.3) is 5.57 Å². The number of benzene rings is 1. The second-order valence-corrected chi connectivity index (χ2v) is 4.47. The standard InChI is InChI=1S/C15H17NO/c1-11(10-15(16)17)9-13-7-4-6-12-5-2-3-8-14(12)13/h2-3,5,8-10H,4,6-7H2,1H3,(H2,16,17)/b11-10-,13-9+. The molecule has 0 saturated heterocycles. The minimum Gasteiger partial charge on any atom is -0.366 e. The van der Waals surface area contributed by atoms with Gasteiger partial charge in [-0.15, -0.1) is 0 Å². The smallest absolute Gasteiger partial charge is 0.241 e. The van der Waals surface area contributed by atoms with E-state index in [-0.39, 0.29) is 5.91 Å². The van der Waals surface area contributed by atoms with Gasteiger partial charge in [-0.25, -0.2) is 0 Å². The molecule has 2 rings (SSSR count). The van der Waals surface area contributed by atoms with Gasteiger partial charge in [0.15, 0.2) is 0 Å². The summed E-state index contributed by atoms with van der Waals surface area (Å²) in [6.07, 6.45) is 6.94. The first-order valence-electron chi connectivity index (χ1n) is 5.93. The quantitative estimate of drug-likeness (QED) is 0.776. The van der Waals surface area contributed by atoms with E-state index in [2.05, 4.69) is 30.3 Å². The summed E-state index contributed by atoms with van der Waals surface area (Å²) < 4.78 is 0. The van der Waals surface area contributed by atoms with Crippen molar-refractivity contribution in [1.82, 2.24) is 0 Å². The Kier molecular flexibility index (Phi) is 3.43. The molecule has 0 bridgehead atoms. The Labute approximate surface area is 102 Å². The molecule has 0 atom stereocenters. The molecule has 0 saturated carbocycles. The van der Waals surface area contributed by atoms with Gasteiger partial charge in [0.2, 0.25) is 5.91 Å². The molecule has 0 radical (unpaired) electrons. The average molecular weight is 227 g/mol. The molecule has 2 heteroatoms. The highest BCUT2D eigenvalue weighted by atomic mass is 16.1. The zero-order valence-electron chi connectivity index (χ0n) is 10.1. The maximum absolute atomic E-state index is 10.8. The molecule has 0 heterocycles. The number of allylic oxidation sites excluding steroid dienone is 3. The molecule has 0 spiro atoms. The minimum absolute atomic E-state index is 0.386. The second kappa shape index (κ2) is 5.00. The summed E-state index contributed by atoms with van der Waals surface area (Å²) in [6.45, 7) is 1.91. The van der Waals surface area contributed by atoms with Crippen molar-refractivity contribution in [2.45, 2.75) is 26.2 Å². The second-order valence-electron chi connectivity index (χ2n) is 4.47. The number of hydrogen-bond donors (Lipinski definition) is 1. The van der Waals surface area contributed by atoms with Crippen molar-refractivity contribution in [3.63, 3.8) is 0 Å². The molecule has 0 fully saturated rings. The molecule has 1 aliphatic rings. The van der Waals surface area contributed by atoms with Gasteiger partial charge >= 0.3 is 0 Å². The fourth-order valence-electron chi connectivity index (χ4n) is 2.35. The van der Waals surface area contributed by atoms with E-state index in [1.165, 1.54) is 29.2 Å². The zero-order valence-corrected chi connectivity index (χ0v) is 10.1. The molecule has 2 nitrogen and oxygen atoms in total. The number of rotatable bonds is 2.